The zero-order valence-electron chi connectivity index (χ0n) is 17.8. The predicted octanol–water partition coefficient (Wildman–Crippen LogP) is 3.30. The molecule has 0 atom stereocenters. The second-order valence-electron chi connectivity index (χ2n) is 7.46. The number of para-hydroxylation sites is 1. The molecule has 8 heteroatoms. The Kier molecular flexibility index (Phi) is 5.10. The fourth-order valence-corrected chi connectivity index (χ4v) is 3.98. The van der Waals surface area contributed by atoms with Gasteiger partial charge in [0.25, 0.3) is 5.91 Å². The van der Waals surface area contributed by atoms with Gasteiger partial charge in [-0.15, -0.1) is 10.2 Å². The third-order valence-corrected chi connectivity index (χ3v) is 5.60. The summed E-state index contributed by atoms with van der Waals surface area (Å²) in [7, 11) is 3.04. The average Bonchev–Trinajstić information content (AvgIpc) is 3.17. The molecule has 8 nitrogen and oxygen atoms in total. The fourth-order valence-electron chi connectivity index (χ4n) is 3.98. The van der Waals surface area contributed by atoms with E-state index in [0.29, 0.717) is 48.0 Å². The van der Waals surface area contributed by atoms with E-state index in [1.807, 2.05) is 30.3 Å². The highest BCUT2D eigenvalue weighted by atomic mass is 16.5. The second kappa shape index (κ2) is 8.22. The van der Waals surface area contributed by atoms with Crippen LogP contribution in [0.25, 0.3) is 22.0 Å². The van der Waals surface area contributed by atoms with Gasteiger partial charge in [-0.25, -0.2) is 0 Å². The van der Waals surface area contributed by atoms with Crippen molar-refractivity contribution in [2.75, 3.05) is 20.8 Å². The minimum atomic E-state index is -0.0679. The summed E-state index contributed by atoms with van der Waals surface area (Å²) in [5, 5.41) is 9.12. The first kappa shape index (κ1) is 19.9. The summed E-state index contributed by atoms with van der Waals surface area (Å²) in [5.74, 6) is 0.601. The maximum Gasteiger partial charge on any atom is 0.256 e. The standard InChI is InChI=1S/C24H21N5O3/c1-31-21-13-18(23(32-2)28-27-21)17-9-11-25-20-14-29(24(30)22(17)20)12-10-16-8-7-15-5-3-4-6-19(15)26-16/h3-9,11,13H,10,12,14H2,1-2H3. The van der Waals surface area contributed by atoms with Gasteiger partial charge in [0.1, 0.15) is 0 Å². The summed E-state index contributed by atoms with van der Waals surface area (Å²) in [6.07, 6.45) is 2.36. The van der Waals surface area contributed by atoms with Crippen LogP contribution in [0.5, 0.6) is 11.8 Å². The molecule has 0 bridgehead atoms. The first-order chi connectivity index (χ1) is 15.7. The van der Waals surface area contributed by atoms with Crippen molar-refractivity contribution in [2.24, 2.45) is 0 Å². The van der Waals surface area contributed by atoms with Crippen molar-refractivity contribution in [3.63, 3.8) is 0 Å². The lowest BCUT2D eigenvalue weighted by Gasteiger charge is -2.15. The Labute approximate surface area is 184 Å². The molecular weight excluding hydrogens is 406 g/mol. The first-order valence-electron chi connectivity index (χ1n) is 10.3. The van der Waals surface area contributed by atoms with E-state index in [1.165, 1.54) is 14.2 Å². The molecule has 0 N–H and O–H groups in total. The third-order valence-electron chi connectivity index (χ3n) is 5.60. The molecule has 0 saturated carbocycles. The molecule has 0 unspecified atom stereocenters. The van der Waals surface area contributed by atoms with E-state index in [-0.39, 0.29) is 5.91 Å². The number of pyridine rings is 2. The van der Waals surface area contributed by atoms with Gasteiger partial charge in [0.05, 0.1) is 43.1 Å². The Morgan fingerprint density at radius 1 is 1.00 bits per heavy atom. The maximum atomic E-state index is 13.3. The van der Waals surface area contributed by atoms with Crippen molar-refractivity contribution in [3.8, 4) is 22.9 Å². The minimum absolute atomic E-state index is 0.0679. The van der Waals surface area contributed by atoms with Gasteiger partial charge in [-0.05, 0) is 18.2 Å². The molecule has 0 aliphatic carbocycles. The molecule has 0 spiro atoms. The van der Waals surface area contributed by atoms with Crippen LogP contribution in [0.3, 0.4) is 0 Å². The van der Waals surface area contributed by atoms with Crippen molar-refractivity contribution < 1.29 is 14.3 Å². The van der Waals surface area contributed by atoms with Crippen LogP contribution < -0.4 is 9.47 Å². The van der Waals surface area contributed by atoms with Crippen LogP contribution in [0.2, 0.25) is 0 Å². The van der Waals surface area contributed by atoms with E-state index >= 15 is 0 Å². The number of benzene rings is 1. The van der Waals surface area contributed by atoms with Crippen LogP contribution in [-0.4, -0.2) is 51.7 Å². The van der Waals surface area contributed by atoms with Gasteiger partial charge in [-0.3, -0.25) is 14.8 Å². The number of methoxy groups -OCH3 is 2. The lowest BCUT2D eigenvalue weighted by Crippen LogP contribution is -2.26. The van der Waals surface area contributed by atoms with Crippen molar-refractivity contribution in [3.05, 3.63) is 71.7 Å². The maximum absolute atomic E-state index is 13.3. The molecule has 5 rings (SSSR count). The lowest BCUT2D eigenvalue weighted by atomic mass is 10.0. The van der Waals surface area contributed by atoms with E-state index in [0.717, 1.165) is 22.3 Å². The number of nitrogens with zero attached hydrogens (tertiary/aromatic N) is 5. The molecule has 0 saturated heterocycles. The van der Waals surface area contributed by atoms with Gasteiger partial charge >= 0.3 is 0 Å². The monoisotopic (exact) mass is 427 g/mol. The van der Waals surface area contributed by atoms with E-state index in [4.69, 9.17) is 14.5 Å². The van der Waals surface area contributed by atoms with E-state index in [1.54, 1.807) is 23.2 Å². The summed E-state index contributed by atoms with van der Waals surface area (Å²) in [6, 6.07) is 15.6. The molecule has 1 aromatic carbocycles. The van der Waals surface area contributed by atoms with Gasteiger partial charge in [0, 0.05) is 41.9 Å². The first-order valence-corrected chi connectivity index (χ1v) is 10.3. The number of ether oxygens (including phenoxy) is 2. The van der Waals surface area contributed by atoms with Gasteiger partial charge in [-0.1, -0.05) is 24.3 Å². The number of rotatable bonds is 6. The number of carbonyl (C=O) groups excluding carboxylic acids is 1. The fraction of sp³-hybridized carbons (Fsp3) is 0.208. The number of hydrogen-bond donors (Lipinski definition) is 0. The Morgan fingerprint density at radius 3 is 2.72 bits per heavy atom. The number of hydrogen-bond acceptors (Lipinski definition) is 7. The van der Waals surface area contributed by atoms with Crippen LogP contribution in [0, 0.1) is 0 Å². The summed E-state index contributed by atoms with van der Waals surface area (Å²) < 4.78 is 10.6. The van der Waals surface area contributed by atoms with Gasteiger partial charge in [-0.2, -0.15) is 0 Å². The number of amides is 1. The molecule has 0 radical (unpaired) electrons. The number of aromatic nitrogens is 4. The topological polar surface area (TPSA) is 90.3 Å². The molecule has 3 aromatic heterocycles. The predicted molar refractivity (Wildman–Crippen MR) is 119 cm³/mol. The van der Waals surface area contributed by atoms with Crippen LogP contribution in [0.4, 0.5) is 0 Å². The van der Waals surface area contributed by atoms with Crippen molar-refractivity contribution in [1.82, 2.24) is 25.1 Å². The summed E-state index contributed by atoms with van der Waals surface area (Å²) in [5.41, 5.74) is 4.55. The third kappa shape index (κ3) is 3.49. The SMILES string of the molecule is COc1cc(-c2ccnc3c2C(=O)N(CCc2ccc4ccccc4n2)C3)c(OC)nn1. The van der Waals surface area contributed by atoms with E-state index < -0.39 is 0 Å². The van der Waals surface area contributed by atoms with Crippen molar-refractivity contribution in [1.29, 1.82) is 0 Å². The van der Waals surface area contributed by atoms with Crippen LogP contribution in [0.15, 0.2) is 54.7 Å². The van der Waals surface area contributed by atoms with E-state index in [9.17, 15) is 4.79 Å². The largest absolute Gasteiger partial charge is 0.480 e. The highest BCUT2D eigenvalue weighted by Gasteiger charge is 2.32. The van der Waals surface area contributed by atoms with Crippen LogP contribution in [-0.2, 0) is 13.0 Å². The second-order valence-corrected chi connectivity index (χ2v) is 7.46. The Bertz CT molecular complexity index is 1320. The van der Waals surface area contributed by atoms with Gasteiger partial charge in [0.15, 0.2) is 0 Å². The summed E-state index contributed by atoms with van der Waals surface area (Å²) in [6.45, 7) is 1.00. The normalized spacial score (nSPS) is 12.8. The molecule has 4 aromatic rings. The van der Waals surface area contributed by atoms with Gasteiger partial charge in [0.2, 0.25) is 11.8 Å². The van der Waals surface area contributed by atoms with Crippen LogP contribution >= 0.6 is 0 Å². The lowest BCUT2D eigenvalue weighted by molar-refractivity contribution is 0.0780. The average molecular weight is 427 g/mol. The highest BCUT2D eigenvalue weighted by Crippen LogP contribution is 2.36. The molecule has 4 heterocycles. The number of carbonyl (C=O) groups is 1. The van der Waals surface area contributed by atoms with Crippen LogP contribution in [0.1, 0.15) is 21.7 Å². The van der Waals surface area contributed by atoms with Crippen molar-refractivity contribution >= 4 is 16.8 Å². The smallest absolute Gasteiger partial charge is 0.256 e. The minimum Gasteiger partial charge on any atom is -0.480 e. The van der Waals surface area contributed by atoms with E-state index in [2.05, 4.69) is 21.2 Å². The molecule has 160 valence electrons. The van der Waals surface area contributed by atoms with Crippen molar-refractivity contribution in [2.45, 2.75) is 13.0 Å². The molecule has 1 aliphatic rings. The zero-order chi connectivity index (χ0) is 22.1. The molecule has 1 aliphatic heterocycles. The molecule has 1 amide bonds. The summed E-state index contributed by atoms with van der Waals surface area (Å²) in [4.78, 5) is 24.3. The molecule has 0 fully saturated rings. The Morgan fingerprint density at radius 2 is 1.88 bits per heavy atom. The highest BCUT2D eigenvalue weighted by molar-refractivity contribution is 6.04. The summed E-state index contributed by atoms with van der Waals surface area (Å²) >= 11 is 0. The zero-order valence-corrected chi connectivity index (χ0v) is 17.8. The Hall–Kier alpha value is -4.07. The quantitative estimate of drug-likeness (QED) is 0.466. The number of fused-ring (bicyclic) bond motifs is 2. The molecule has 32 heavy (non-hydrogen) atoms. The van der Waals surface area contributed by atoms with Gasteiger partial charge < -0.3 is 14.4 Å². The Balaban J connectivity index is 1.42. The molecular formula is C24H21N5O3.